The maximum absolute atomic E-state index is 10.5. The topological polar surface area (TPSA) is 81.2 Å². The lowest BCUT2D eigenvalue weighted by atomic mass is 10.1. The molecule has 0 saturated heterocycles. The van der Waals surface area contributed by atoms with Gasteiger partial charge in [0.2, 0.25) is 5.89 Å². The number of hydrogen-bond donors (Lipinski definition) is 1. The largest absolute Gasteiger partial charge is 0.445 e. The molecule has 2 aromatic rings. The molecule has 0 aliphatic rings. The second kappa shape index (κ2) is 6.10. The summed E-state index contributed by atoms with van der Waals surface area (Å²) in [4.78, 5) is 14.2. The van der Waals surface area contributed by atoms with Gasteiger partial charge in [-0.25, -0.2) is 4.98 Å². The van der Waals surface area contributed by atoms with Crippen molar-refractivity contribution in [2.24, 2.45) is 0 Å². The Labute approximate surface area is 110 Å². The summed E-state index contributed by atoms with van der Waals surface area (Å²) < 4.78 is 5.33. The highest BCUT2D eigenvalue weighted by molar-refractivity contribution is 5.32. The molecule has 1 N–H and O–H groups in total. The van der Waals surface area contributed by atoms with E-state index in [2.05, 4.69) is 10.3 Å². The monoisotopic (exact) mass is 261 g/mol. The maximum Gasteiger partial charge on any atom is 0.269 e. The Bertz CT molecular complexity index is 549. The number of oxazole rings is 1. The number of nitro groups is 1. The number of rotatable bonds is 6. The van der Waals surface area contributed by atoms with Gasteiger partial charge in [0.05, 0.1) is 17.7 Å². The van der Waals surface area contributed by atoms with Crippen LogP contribution in [0.2, 0.25) is 0 Å². The Morgan fingerprint density at radius 1 is 1.37 bits per heavy atom. The molecule has 0 amide bonds. The SMILES string of the molecule is Cc1cnc(CNCCc2ccc([N+](=O)[O-])cc2)o1. The lowest BCUT2D eigenvalue weighted by molar-refractivity contribution is -0.384. The van der Waals surface area contributed by atoms with E-state index in [0.29, 0.717) is 12.4 Å². The first-order valence-electron chi connectivity index (χ1n) is 6.00. The molecule has 100 valence electrons. The van der Waals surface area contributed by atoms with E-state index in [1.54, 1.807) is 18.3 Å². The molecule has 0 aliphatic carbocycles. The van der Waals surface area contributed by atoms with Crippen LogP contribution in [0.3, 0.4) is 0 Å². The molecule has 0 spiro atoms. The second-order valence-corrected chi connectivity index (χ2v) is 4.21. The van der Waals surface area contributed by atoms with Crippen LogP contribution >= 0.6 is 0 Å². The summed E-state index contributed by atoms with van der Waals surface area (Å²) in [7, 11) is 0. The molecule has 0 unspecified atom stereocenters. The minimum atomic E-state index is -0.396. The standard InChI is InChI=1S/C13H15N3O3/c1-10-8-15-13(19-10)9-14-7-6-11-2-4-12(5-3-11)16(17)18/h2-5,8,14H,6-7,9H2,1H3. The molecule has 0 radical (unpaired) electrons. The molecule has 0 fully saturated rings. The second-order valence-electron chi connectivity index (χ2n) is 4.21. The van der Waals surface area contributed by atoms with E-state index in [1.807, 2.05) is 6.92 Å². The first kappa shape index (κ1) is 13.2. The van der Waals surface area contributed by atoms with Crippen molar-refractivity contribution in [1.29, 1.82) is 0 Å². The number of nitrogens with zero attached hydrogens (tertiary/aromatic N) is 2. The third kappa shape index (κ3) is 3.89. The molecule has 0 saturated carbocycles. The van der Waals surface area contributed by atoms with Crippen LogP contribution in [0.5, 0.6) is 0 Å². The third-order valence-electron chi connectivity index (χ3n) is 2.68. The summed E-state index contributed by atoms with van der Waals surface area (Å²) >= 11 is 0. The average molecular weight is 261 g/mol. The van der Waals surface area contributed by atoms with E-state index >= 15 is 0 Å². The molecule has 6 nitrogen and oxygen atoms in total. The smallest absolute Gasteiger partial charge is 0.269 e. The molecular formula is C13H15N3O3. The Balaban J connectivity index is 1.75. The Morgan fingerprint density at radius 3 is 2.68 bits per heavy atom. The van der Waals surface area contributed by atoms with Gasteiger partial charge < -0.3 is 9.73 Å². The van der Waals surface area contributed by atoms with Crippen LogP contribution in [0.25, 0.3) is 0 Å². The third-order valence-corrected chi connectivity index (χ3v) is 2.68. The van der Waals surface area contributed by atoms with E-state index in [0.717, 1.165) is 24.3 Å². The summed E-state index contributed by atoms with van der Waals surface area (Å²) in [5.41, 5.74) is 1.17. The van der Waals surface area contributed by atoms with Gasteiger partial charge in [-0.05, 0) is 25.5 Å². The molecule has 0 aliphatic heterocycles. The van der Waals surface area contributed by atoms with E-state index in [4.69, 9.17) is 4.42 Å². The zero-order chi connectivity index (χ0) is 13.7. The number of hydrogen-bond acceptors (Lipinski definition) is 5. The minimum Gasteiger partial charge on any atom is -0.445 e. The fourth-order valence-electron chi connectivity index (χ4n) is 1.70. The Hall–Kier alpha value is -2.21. The van der Waals surface area contributed by atoms with E-state index < -0.39 is 4.92 Å². The number of benzene rings is 1. The molecule has 1 aromatic heterocycles. The average Bonchev–Trinajstić information content (AvgIpc) is 2.81. The van der Waals surface area contributed by atoms with Crippen LogP contribution in [0.1, 0.15) is 17.2 Å². The number of non-ortho nitro benzene ring substituents is 1. The molecule has 6 heteroatoms. The van der Waals surface area contributed by atoms with Gasteiger partial charge in [-0.2, -0.15) is 0 Å². The van der Waals surface area contributed by atoms with Crippen LogP contribution in [0.4, 0.5) is 5.69 Å². The minimum absolute atomic E-state index is 0.118. The first-order chi connectivity index (χ1) is 9.15. The molecule has 19 heavy (non-hydrogen) atoms. The predicted molar refractivity (Wildman–Crippen MR) is 69.7 cm³/mol. The highest BCUT2D eigenvalue weighted by atomic mass is 16.6. The van der Waals surface area contributed by atoms with Crippen LogP contribution in [0, 0.1) is 17.0 Å². The first-order valence-corrected chi connectivity index (χ1v) is 6.00. The summed E-state index contributed by atoms with van der Waals surface area (Å²) in [5, 5.41) is 13.7. The zero-order valence-corrected chi connectivity index (χ0v) is 10.6. The fraction of sp³-hybridized carbons (Fsp3) is 0.308. The molecule has 1 heterocycles. The lowest BCUT2D eigenvalue weighted by Gasteiger charge is -2.02. The molecule has 1 aromatic carbocycles. The molecular weight excluding hydrogens is 246 g/mol. The Kier molecular flexibility index (Phi) is 4.25. The number of aromatic nitrogens is 1. The van der Waals surface area contributed by atoms with Crippen molar-refractivity contribution >= 4 is 5.69 Å². The number of nitro benzene ring substituents is 1. The van der Waals surface area contributed by atoms with Gasteiger partial charge in [-0.3, -0.25) is 10.1 Å². The van der Waals surface area contributed by atoms with Crippen LogP contribution < -0.4 is 5.32 Å². The predicted octanol–water partition coefficient (Wildman–Crippen LogP) is 2.22. The Morgan fingerprint density at radius 2 is 2.11 bits per heavy atom. The van der Waals surface area contributed by atoms with Gasteiger partial charge in [-0.1, -0.05) is 12.1 Å². The van der Waals surface area contributed by atoms with Gasteiger partial charge in [0.25, 0.3) is 5.69 Å². The summed E-state index contributed by atoms with van der Waals surface area (Å²) in [6.07, 6.45) is 2.49. The van der Waals surface area contributed by atoms with Crippen molar-refractivity contribution in [1.82, 2.24) is 10.3 Å². The summed E-state index contributed by atoms with van der Waals surface area (Å²) in [6, 6.07) is 6.59. The van der Waals surface area contributed by atoms with Crippen LogP contribution in [-0.2, 0) is 13.0 Å². The van der Waals surface area contributed by atoms with Gasteiger partial charge in [0.15, 0.2) is 0 Å². The fourth-order valence-corrected chi connectivity index (χ4v) is 1.70. The van der Waals surface area contributed by atoms with E-state index in [9.17, 15) is 10.1 Å². The molecule has 0 atom stereocenters. The van der Waals surface area contributed by atoms with E-state index in [1.165, 1.54) is 12.1 Å². The highest BCUT2D eigenvalue weighted by Gasteiger charge is 2.04. The molecule has 2 rings (SSSR count). The quantitative estimate of drug-likeness (QED) is 0.490. The van der Waals surface area contributed by atoms with Gasteiger partial charge in [0, 0.05) is 12.1 Å². The van der Waals surface area contributed by atoms with Crippen molar-refractivity contribution in [3.63, 3.8) is 0 Å². The van der Waals surface area contributed by atoms with Crippen LogP contribution in [0.15, 0.2) is 34.9 Å². The van der Waals surface area contributed by atoms with Crippen LogP contribution in [-0.4, -0.2) is 16.5 Å². The van der Waals surface area contributed by atoms with Gasteiger partial charge in [0.1, 0.15) is 5.76 Å². The van der Waals surface area contributed by atoms with Crippen molar-refractivity contribution in [2.45, 2.75) is 19.9 Å². The normalized spacial score (nSPS) is 10.6. The van der Waals surface area contributed by atoms with Crippen molar-refractivity contribution in [3.8, 4) is 0 Å². The van der Waals surface area contributed by atoms with E-state index in [-0.39, 0.29) is 5.69 Å². The highest BCUT2D eigenvalue weighted by Crippen LogP contribution is 2.12. The van der Waals surface area contributed by atoms with Gasteiger partial charge in [-0.15, -0.1) is 0 Å². The summed E-state index contributed by atoms with van der Waals surface area (Å²) in [6.45, 7) is 3.20. The maximum atomic E-state index is 10.5. The lowest BCUT2D eigenvalue weighted by Crippen LogP contribution is -2.16. The van der Waals surface area contributed by atoms with Gasteiger partial charge >= 0.3 is 0 Å². The molecule has 0 bridgehead atoms. The van der Waals surface area contributed by atoms with Crippen molar-refractivity contribution < 1.29 is 9.34 Å². The number of nitrogens with one attached hydrogen (secondary N) is 1. The summed E-state index contributed by atoms with van der Waals surface area (Å²) in [5.74, 6) is 1.47. The van der Waals surface area contributed by atoms with Crippen molar-refractivity contribution in [2.75, 3.05) is 6.54 Å². The van der Waals surface area contributed by atoms with Crippen molar-refractivity contribution in [3.05, 3.63) is 57.8 Å². The number of aryl methyl sites for hydroxylation is 1. The zero-order valence-electron chi connectivity index (χ0n) is 10.6.